The molecule has 0 fully saturated rings. The van der Waals surface area contributed by atoms with Crippen LogP contribution in [0.15, 0.2) is 49.2 Å². The third-order valence-electron chi connectivity index (χ3n) is 4.44. The summed E-state index contributed by atoms with van der Waals surface area (Å²) in [5.74, 6) is -0.0231. The minimum Gasteiger partial charge on any atom is -0.345 e. The molecule has 136 valence electrons. The smallest absolute Gasteiger partial charge is 0.241 e. The average Bonchev–Trinajstić information content (AvgIpc) is 3.31. The van der Waals surface area contributed by atoms with Gasteiger partial charge in [-0.05, 0) is 31.2 Å². The molecule has 0 bridgehead atoms. The van der Waals surface area contributed by atoms with Crippen molar-refractivity contribution in [1.82, 2.24) is 24.6 Å². The van der Waals surface area contributed by atoms with Gasteiger partial charge in [-0.25, -0.2) is 4.98 Å². The fraction of sp³-hybridized carbons (Fsp3) is 0.316. The Hall–Kier alpha value is -2.93. The molecule has 0 saturated carbocycles. The van der Waals surface area contributed by atoms with Crippen LogP contribution in [0.3, 0.4) is 0 Å². The van der Waals surface area contributed by atoms with E-state index in [1.54, 1.807) is 17.2 Å². The summed E-state index contributed by atoms with van der Waals surface area (Å²) in [6.07, 6.45) is 7.23. The second-order valence-electron chi connectivity index (χ2n) is 6.29. The van der Waals surface area contributed by atoms with E-state index in [9.17, 15) is 4.79 Å². The van der Waals surface area contributed by atoms with Crippen molar-refractivity contribution in [3.05, 3.63) is 54.7 Å². The predicted octanol–water partition coefficient (Wildman–Crippen LogP) is 2.66. The highest BCUT2D eigenvalue weighted by Crippen LogP contribution is 2.19. The van der Waals surface area contributed by atoms with Gasteiger partial charge in [0.05, 0.1) is 30.5 Å². The van der Waals surface area contributed by atoms with Gasteiger partial charge in [0.15, 0.2) is 0 Å². The maximum Gasteiger partial charge on any atom is 0.241 e. The van der Waals surface area contributed by atoms with Crippen molar-refractivity contribution in [3.63, 3.8) is 0 Å². The largest absolute Gasteiger partial charge is 0.345 e. The molecule has 1 unspecified atom stereocenters. The van der Waals surface area contributed by atoms with Crippen LogP contribution in [-0.4, -0.2) is 43.1 Å². The van der Waals surface area contributed by atoms with E-state index >= 15 is 0 Å². The van der Waals surface area contributed by atoms with Crippen LogP contribution in [0.1, 0.15) is 19.4 Å². The van der Waals surface area contributed by atoms with E-state index < -0.39 is 0 Å². The van der Waals surface area contributed by atoms with Gasteiger partial charge in [0.25, 0.3) is 0 Å². The summed E-state index contributed by atoms with van der Waals surface area (Å²) in [7, 11) is 1.89. The molecule has 7 heteroatoms. The second kappa shape index (κ2) is 7.97. The average molecular weight is 352 g/mol. The summed E-state index contributed by atoms with van der Waals surface area (Å²) in [6.45, 7) is 5.45. The van der Waals surface area contributed by atoms with Gasteiger partial charge >= 0.3 is 0 Å². The summed E-state index contributed by atoms with van der Waals surface area (Å²) >= 11 is 0. The number of carbonyl (C=O) groups is 1. The third-order valence-corrected chi connectivity index (χ3v) is 4.44. The van der Waals surface area contributed by atoms with E-state index in [1.807, 2.05) is 50.6 Å². The number of rotatable bonds is 7. The van der Waals surface area contributed by atoms with Crippen LogP contribution >= 0.6 is 0 Å². The van der Waals surface area contributed by atoms with Crippen LogP contribution < -0.4 is 5.32 Å². The molecule has 7 nitrogen and oxygen atoms in total. The van der Waals surface area contributed by atoms with E-state index in [0.29, 0.717) is 6.54 Å². The first-order valence-electron chi connectivity index (χ1n) is 8.68. The number of aromatic amines is 1. The number of likely N-dealkylation sites (N-methyl/N-ethyl adjacent to an activating group) is 1. The number of benzene rings is 1. The van der Waals surface area contributed by atoms with Gasteiger partial charge in [0, 0.05) is 31.0 Å². The monoisotopic (exact) mass is 352 g/mol. The molecule has 0 aliphatic heterocycles. The number of carbonyl (C=O) groups excluding carboxylic acids is 1. The van der Waals surface area contributed by atoms with E-state index in [2.05, 4.69) is 32.2 Å². The lowest BCUT2D eigenvalue weighted by Crippen LogP contribution is -2.41. The lowest BCUT2D eigenvalue weighted by atomic mass is 10.1. The lowest BCUT2D eigenvalue weighted by Gasteiger charge is -2.26. The molecule has 2 heterocycles. The van der Waals surface area contributed by atoms with E-state index in [4.69, 9.17) is 0 Å². The predicted molar refractivity (Wildman–Crippen MR) is 101 cm³/mol. The molecule has 26 heavy (non-hydrogen) atoms. The number of H-pyrrole nitrogens is 1. The maximum absolute atomic E-state index is 12.6. The summed E-state index contributed by atoms with van der Waals surface area (Å²) in [5, 5.41) is 7.18. The molecule has 1 amide bonds. The van der Waals surface area contributed by atoms with Crippen LogP contribution in [0.4, 0.5) is 5.69 Å². The highest BCUT2D eigenvalue weighted by molar-refractivity contribution is 5.94. The highest BCUT2D eigenvalue weighted by atomic mass is 16.2. The van der Waals surface area contributed by atoms with Gasteiger partial charge in [-0.2, -0.15) is 5.10 Å². The Morgan fingerprint density at radius 2 is 2.08 bits per heavy atom. The summed E-state index contributed by atoms with van der Waals surface area (Å²) in [4.78, 5) is 21.8. The Morgan fingerprint density at radius 1 is 1.31 bits per heavy atom. The number of aromatic nitrogens is 4. The molecule has 0 aliphatic rings. The standard InChI is InChI=1S/C19H24N6O/c1-4-25(12-15-9-22-24(3)11-15)14(2)19(26)23-17-7-5-16(6-8-17)18-10-20-13-21-18/h5-11,13-14H,4,12H2,1-3H3,(H,20,21)(H,23,26). The SMILES string of the molecule is CCN(Cc1cnn(C)c1)C(C)C(=O)Nc1ccc(-c2cnc[nH]2)cc1. The van der Waals surface area contributed by atoms with Crippen molar-refractivity contribution >= 4 is 11.6 Å². The van der Waals surface area contributed by atoms with Crippen LogP contribution in [-0.2, 0) is 18.4 Å². The van der Waals surface area contributed by atoms with Crippen molar-refractivity contribution in [2.24, 2.45) is 7.05 Å². The number of amides is 1. The first-order valence-corrected chi connectivity index (χ1v) is 8.68. The Bertz CT molecular complexity index is 837. The molecule has 0 spiro atoms. The highest BCUT2D eigenvalue weighted by Gasteiger charge is 2.20. The van der Waals surface area contributed by atoms with E-state index in [0.717, 1.165) is 29.1 Å². The molecule has 1 aromatic carbocycles. The fourth-order valence-electron chi connectivity index (χ4n) is 2.87. The number of nitrogens with one attached hydrogen (secondary N) is 2. The van der Waals surface area contributed by atoms with Gasteiger partial charge in [-0.3, -0.25) is 14.4 Å². The Labute approximate surface area is 153 Å². The zero-order chi connectivity index (χ0) is 18.5. The van der Waals surface area contributed by atoms with Crippen LogP contribution in [0.2, 0.25) is 0 Å². The Balaban J connectivity index is 1.62. The topological polar surface area (TPSA) is 78.8 Å². The van der Waals surface area contributed by atoms with E-state index in [1.165, 1.54) is 0 Å². The molecule has 3 aromatic rings. The van der Waals surface area contributed by atoms with Gasteiger partial charge in [-0.1, -0.05) is 19.1 Å². The summed E-state index contributed by atoms with van der Waals surface area (Å²) < 4.78 is 1.77. The first-order chi connectivity index (χ1) is 12.6. The molecule has 1 atom stereocenters. The quantitative estimate of drug-likeness (QED) is 0.685. The zero-order valence-electron chi connectivity index (χ0n) is 15.3. The molecular formula is C19H24N6O. The maximum atomic E-state index is 12.6. The molecule has 2 aromatic heterocycles. The molecule has 0 aliphatic carbocycles. The first kappa shape index (κ1) is 17.9. The summed E-state index contributed by atoms with van der Waals surface area (Å²) in [6, 6.07) is 7.48. The third kappa shape index (κ3) is 4.18. The fourth-order valence-corrected chi connectivity index (χ4v) is 2.87. The lowest BCUT2D eigenvalue weighted by molar-refractivity contribution is -0.120. The van der Waals surface area contributed by atoms with Gasteiger partial charge in [0.1, 0.15) is 0 Å². The number of anilines is 1. The molecular weight excluding hydrogens is 328 g/mol. The summed E-state index contributed by atoms with van der Waals surface area (Å²) in [5.41, 5.74) is 3.85. The molecule has 0 radical (unpaired) electrons. The second-order valence-corrected chi connectivity index (χ2v) is 6.29. The van der Waals surface area contributed by atoms with Gasteiger partial charge < -0.3 is 10.3 Å². The van der Waals surface area contributed by atoms with Crippen molar-refractivity contribution in [3.8, 4) is 11.3 Å². The minimum absolute atomic E-state index is 0.0231. The van der Waals surface area contributed by atoms with Crippen LogP contribution in [0, 0.1) is 0 Å². The van der Waals surface area contributed by atoms with E-state index in [-0.39, 0.29) is 11.9 Å². The number of aryl methyl sites for hydroxylation is 1. The van der Waals surface area contributed by atoms with Crippen molar-refractivity contribution in [1.29, 1.82) is 0 Å². The van der Waals surface area contributed by atoms with Gasteiger partial charge in [-0.15, -0.1) is 0 Å². The van der Waals surface area contributed by atoms with Crippen LogP contribution in [0.5, 0.6) is 0 Å². The van der Waals surface area contributed by atoms with Crippen molar-refractivity contribution in [2.75, 3.05) is 11.9 Å². The number of nitrogens with zero attached hydrogens (tertiary/aromatic N) is 4. The van der Waals surface area contributed by atoms with Crippen molar-refractivity contribution < 1.29 is 4.79 Å². The molecule has 0 saturated heterocycles. The number of imidazole rings is 1. The molecule has 3 rings (SSSR count). The normalized spacial score (nSPS) is 12.3. The Kier molecular flexibility index (Phi) is 5.48. The van der Waals surface area contributed by atoms with Crippen LogP contribution in [0.25, 0.3) is 11.3 Å². The van der Waals surface area contributed by atoms with Gasteiger partial charge in [0.2, 0.25) is 5.91 Å². The minimum atomic E-state index is -0.243. The molecule has 2 N–H and O–H groups in total. The number of hydrogen-bond acceptors (Lipinski definition) is 4. The zero-order valence-corrected chi connectivity index (χ0v) is 15.3. The van der Waals surface area contributed by atoms with Crippen molar-refractivity contribution in [2.45, 2.75) is 26.4 Å². The Morgan fingerprint density at radius 3 is 2.65 bits per heavy atom. The number of hydrogen-bond donors (Lipinski definition) is 2.